The molecular weight excluding hydrogens is 473 g/mol. The molecule has 0 saturated carbocycles. The number of hydrogen-bond donors (Lipinski definition) is 2. The molecule has 0 radical (unpaired) electrons. The Balaban J connectivity index is 0.00000392. The van der Waals surface area contributed by atoms with Crippen molar-refractivity contribution in [2.24, 2.45) is 4.99 Å². The Morgan fingerprint density at radius 2 is 2.07 bits per heavy atom. The summed E-state index contributed by atoms with van der Waals surface area (Å²) in [6.45, 7) is 9.44. The second kappa shape index (κ2) is 12.6. The Kier molecular flexibility index (Phi) is 10.8. The lowest BCUT2D eigenvalue weighted by atomic mass is 10.2. The van der Waals surface area contributed by atoms with Crippen LogP contribution >= 0.6 is 24.0 Å². The van der Waals surface area contributed by atoms with E-state index in [2.05, 4.69) is 25.8 Å². The summed E-state index contributed by atoms with van der Waals surface area (Å²) in [7, 11) is 1.71. The van der Waals surface area contributed by atoms with Crippen molar-refractivity contribution in [1.82, 2.24) is 20.8 Å². The van der Waals surface area contributed by atoms with Gasteiger partial charge in [0.05, 0.1) is 13.1 Å². The fourth-order valence-corrected chi connectivity index (χ4v) is 2.41. The van der Waals surface area contributed by atoms with Crippen molar-refractivity contribution in [2.45, 2.75) is 46.4 Å². The minimum atomic E-state index is -0.190. The first-order valence-corrected chi connectivity index (χ1v) is 9.13. The van der Waals surface area contributed by atoms with E-state index in [9.17, 15) is 0 Å². The number of guanidine groups is 1. The van der Waals surface area contributed by atoms with Gasteiger partial charge in [0.1, 0.15) is 18.0 Å². The minimum absolute atomic E-state index is 0. The molecule has 9 heteroatoms. The quantitative estimate of drug-likeness (QED) is 0.308. The maximum Gasteiger partial charge on any atom is 0.246 e. The first-order chi connectivity index (χ1) is 13.0. The van der Waals surface area contributed by atoms with Crippen LogP contribution in [0, 0.1) is 6.92 Å². The third kappa shape index (κ3) is 8.01. The predicted octanol–water partition coefficient (Wildman–Crippen LogP) is 3.23. The third-order valence-corrected chi connectivity index (χ3v) is 3.78. The van der Waals surface area contributed by atoms with Crippen molar-refractivity contribution < 1.29 is 14.0 Å². The number of rotatable bonds is 9. The molecule has 0 spiro atoms. The van der Waals surface area contributed by atoms with E-state index in [0.29, 0.717) is 37.4 Å². The number of halogens is 1. The van der Waals surface area contributed by atoms with E-state index in [-0.39, 0.29) is 36.2 Å². The van der Waals surface area contributed by atoms with Crippen LogP contribution in [0.25, 0.3) is 0 Å². The summed E-state index contributed by atoms with van der Waals surface area (Å²) in [5, 5.41) is 10.3. The van der Waals surface area contributed by atoms with Crippen molar-refractivity contribution in [2.75, 3.05) is 20.2 Å². The average Bonchev–Trinajstić information content (AvgIpc) is 3.11. The van der Waals surface area contributed by atoms with Gasteiger partial charge in [-0.15, -0.1) is 24.0 Å². The van der Waals surface area contributed by atoms with Crippen LogP contribution in [0.3, 0.4) is 0 Å². The zero-order valence-corrected chi connectivity index (χ0v) is 19.4. The maximum absolute atomic E-state index is 5.91. The van der Waals surface area contributed by atoms with Gasteiger partial charge in [0.15, 0.2) is 11.8 Å². The highest BCUT2D eigenvalue weighted by Gasteiger charge is 2.14. The summed E-state index contributed by atoms with van der Waals surface area (Å²) >= 11 is 0. The van der Waals surface area contributed by atoms with Crippen LogP contribution < -0.4 is 15.4 Å². The fourth-order valence-electron chi connectivity index (χ4n) is 2.41. The Morgan fingerprint density at radius 3 is 2.75 bits per heavy atom. The molecule has 1 heterocycles. The van der Waals surface area contributed by atoms with Crippen LogP contribution in [0.1, 0.15) is 44.2 Å². The smallest absolute Gasteiger partial charge is 0.246 e. The van der Waals surface area contributed by atoms with Crippen molar-refractivity contribution >= 4 is 29.9 Å². The summed E-state index contributed by atoms with van der Waals surface area (Å²) < 4.78 is 16.6. The molecule has 0 amide bonds. The summed E-state index contributed by atoms with van der Waals surface area (Å²) in [6.07, 6.45) is -0.211. The third-order valence-electron chi connectivity index (χ3n) is 3.78. The molecule has 8 nitrogen and oxygen atoms in total. The maximum atomic E-state index is 5.91. The van der Waals surface area contributed by atoms with Gasteiger partial charge in [-0.25, -0.2) is 0 Å². The normalized spacial score (nSPS) is 13.4. The molecule has 156 valence electrons. The molecule has 1 aromatic heterocycles. The number of nitrogens with one attached hydrogen (secondary N) is 2. The molecule has 2 N–H and O–H groups in total. The van der Waals surface area contributed by atoms with Crippen molar-refractivity contribution in [3.63, 3.8) is 0 Å². The van der Waals surface area contributed by atoms with Gasteiger partial charge in [-0.05, 0) is 45.4 Å². The molecule has 0 aliphatic carbocycles. The van der Waals surface area contributed by atoms with Gasteiger partial charge >= 0.3 is 0 Å². The van der Waals surface area contributed by atoms with Crippen LogP contribution in [0.2, 0.25) is 0 Å². The molecule has 0 aliphatic rings. The Hall–Kier alpha value is -1.88. The van der Waals surface area contributed by atoms with E-state index in [1.807, 2.05) is 52.0 Å². The number of aryl methyl sites for hydroxylation is 1. The largest absolute Gasteiger partial charge is 0.489 e. The lowest BCUT2D eigenvalue weighted by Gasteiger charge is -2.17. The molecule has 2 rings (SSSR count). The highest BCUT2D eigenvalue weighted by Crippen LogP contribution is 2.14. The summed E-state index contributed by atoms with van der Waals surface area (Å²) in [5.74, 6) is 2.50. The molecule has 0 aliphatic heterocycles. The van der Waals surface area contributed by atoms with Crippen LogP contribution in [-0.2, 0) is 11.3 Å². The van der Waals surface area contributed by atoms with E-state index in [4.69, 9.17) is 14.0 Å². The Morgan fingerprint density at radius 1 is 1.29 bits per heavy atom. The number of aromatic nitrogens is 2. The van der Waals surface area contributed by atoms with Crippen molar-refractivity contribution in [3.05, 3.63) is 41.5 Å². The topological polar surface area (TPSA) is 93.8 Å². The van der Waals surface area contributed by atoms with E-state index in [0.717, 1.165) is 5.75 Å². The van der Waals surface area contributed by atoms with Gasteiger partial charge in [-0.2, -0.15) is 4.98 Å². The average molecular weight is 503 g/mol. The van der Waals surface area contributed by atoms with Gasteiger partial charge in [0.25, 0.3) is 0 Å². The molecule has 2 unspecified atom stereocenters. The molecule has 2 aromatic rings. The van der Waals surface area contributed by atoms with E-state index in [1.54, 1.807) is 7.05 Å². The van der Waals surface area contributed by atoms with Gasteiger partial charge in [-0.1, -0.05) is 17.3 Å². The van der Waals surface area contributed by atoms with Crippen LogP contribution in [0.15, 0.2) is 33.8 Å². The van der Waals surface area contributed by atoms with E-state index < -0.39 is 0 Å². The highest BCUT2D eigenvalue weighted by molar-refractivity contribution is 14.0. The Bertz CT molecular complexity index is 738. The number of ether oxygens (including phenoxy) is 2. The number of benzene rings is 1. The van der Waals surface area contributed by atoms with Crippen molar-refractivity contribution in [1.29, 1.82) is 0 Å². The minimum Gasteiger partial charge on any atom is -0.489 e. The number of nitrogens with zero attached hydrogens (tertiary/aromatic N) is 3. The molecule has 0 fully saturated rings. The standard InChI is InChI=1S/C19H29N5O3.HI/c1-6-25-15(4)18-23-17(27-24-18)12-22-19(20-5)21-11-14(3)26-16-9-7-8-13(2)10-16;/h7-10,14-15H,6,11-12H2,1-5H3,(H2,20,21,22);1H. The van der Waals surface area contributed by atoms with Crippen LogP contribution in [0.5, 0.6) is 5.75 Å². The molecule has 2 atom stereocenters. The van der Waals surface area contributed by atoms with Gasteiger partial charge in [0, 0.05) is 13.7 Å². The highest BCUT2D eigenvalue weighted by atomic mass is 127. The first kappa shape index (κ1) is 24.2. The second-order valence-electron chi connectivity index (χ2n) is 6.20. The zero-order chi connectivity index (χ0) is 19.6. The van der Waals surface area contributed by atoms with E-state index in [1.165, 1.54) is 5.56 Å². The van der Waals surface area contributed by atoms with E-state index >= 15 is 0 Å². The summed E-state index contributed by atoms with van der Waals surface area (Å²) in [5.41, 5.74) is 1.17. The molecule has 0 bridgehead atoms. The Labute approximate surface area is 183 Å². The monoisotopic (exact) mass is 503 g/mol. The zero-order valence-electron chi connectivity index (χ0n) is 17.1. The second-order valence-corrected chi connectivity index (χ2v) is 6.20. The fraction of sp³-hybridized carbons (Fsp3) is 0.526. The molecule has 28 heavy (non-hydrogen) atoms. The van der Waals surface area contributed by atoms with Gasteiger partial charge in [0.2, 0.25) is 5.89 Å². The molecule has 1 aromatic carbocycles. The lowest BCUT2D eigenvalue weighted by Crippen LogP contribution is -2.41. The molecule has 0 saturated heterocycles. The SMILES string of the molecule is CCOC(C)c1noc(CNC(=NC)NCC(C)Oc2cccc(C)c2)n1.I. The van der Waals surface area contributed by atoms with Crippen LogP contribution in [-0.4, -0.2) is 42.4 Å². The molecular formula is C19H30IN5O3. The van der Waals surface area contributed by atoms with Crippen molar-refractivity contribution in [3.8, 4) is 5.75 Å². The van der Waals surface area contributed by atoms with Gasteiger partial charge in [-0.3, -0.25) is 4.99 Å². The lowest BCUT2D eigenvalue weighted by molar-refractivity contribution is 0.0683. The summed E-state index contributed by atoms with van der Waals surface area (Å²) in [4.78, 5) is 8.51. The van der Waals surface area contributed by atoms with Gasteiger partial charge < -0.3 is 24.6 Å². The number of aliphatic imine (C=N–C) groups is 1. The summed E-state index contributed by atoms with van der Waals surface area (Å²) in [6, 6.07) is 7.99. The van der Waals surface area contributed by atoms with Crippen LogP contribution in [0.4, 0.5) is 0 Å². The predicted molar refractivity (Wildman–Crippen MR) is 119 cm³/mol. The first-order valence-electron chi connectivity index (χ1n) is 9.13. The number of hydrogen-bond acceptors (Lipinski definition) is 6.